The second-order valence-electron chi connectivity index (χ2n) is 3.52. The van der Waals surface area contributed by atoms with Gasteiger partial charge in [0.05, 0.1) is 9.48 Å². The van der Waals surface area contributed by atoms with Crippen molar-refractivity contribution < 1.29 is 0 Å². The van der Waals surface area contributed by atoms with E-state index in [2.05, 4.69) is 50.6 Å². The number of thiazole rings is 1. The lowest BCUT2D eigenvalue weighted by molar-refractivity contribution is 1.26. The third-order valence-corrected chi connectivity index (χ3v) is 5.45. The number of aryl methyl sites for hydroxylation is 1. The van der Waals surface area contributed by atoms with Gasteiger partial charge in [0.1, 0.15) is 5.01 Å². The SMILES string of the molecule is Cc1nc(-c2csc3ccccc23)sc1Br. The Morgan fingerprint density at radius 3 is 2.81 bits per heavy atom. The second-order valence-corrected chi connectivity index (χ2v) is 6.75. The molecule has 0 aliphatic carbocycles. The molecule has 0 amide bonds. The molecule has 4 heteroatoms. The standard InChI is InChI=1S/C12H8BrNS2/c1-7-11(13)16-12(14-7)9-6-15-10-5-3-2-4-8(9)10/h2-6H,1H3. The van der Waals surface area contributed by atoms with Crippen LogP contribution in [0.25, 0.3) is 20.7 Å². The molecule has 0 aliphatic rings. The largest absolute Gasteiger partial charge is 0.240 e. The summed E-state index contributed by atoms with van der Waals surface area (Å²) in [6.07, 6.45) is 0. The van der Waals surface area contributed by atoms with Crippen molar-refractivity contribution >= 4 is 48.7 Å². The molecule has 80 valence electrons. The lowest BCUT2D eigenvalue weighted by atomic mass is 10.2. The fourth-order valence-corrected chi connectivity index (χ4v) is 4.03. The van der Waals surface area contributed by atoms with Crippen LogP contribution in [0.4, 0.5) is 0 Å². The van der Waals surface area contributed by atoms with Crippen LogP contribution in [-0.2, 0) is 0 Å². The van der Waals surface area contributed by atoms with Crippen LogP contribution in [-0.4, -0.2) is 4.98 Å². The third-order valence-electron chi connectivity index (χ3n) is 2.45. The predicted octanol–water partition coefficient (Wildman–Crippen LogP) is 5.10. The zero-order valence-electron chi connectivity index (χ0n) is 8.53. The summed E-state index contributed by atoms with van der Waals surface area (Å²) in [5, 5.41) is 4.59. The van der Waals surface area contributed by atoms with E-state index >= 15 is 0 Å². The molecule has 0 radical (unpaired) electrons. The molecule has 0 N–H and O–H groups in total. The Hall–Kier alpha value is -0.710. The highest BCUT2D eigenvalue weighted by Crippen LogP contribution is 2.38. The number of thiophene rings is 1. The van der Waals surface area contributed by atoms with Crippen LogP contribution in [0.5, 0.6) is 0 Å². The van der Waals surface area contributed by atoms with Gasteiger partial charge in [-0.2, -0.15) is 0 Å². The molecule has 3 rings (SSSR count). The molecule has 0 aliphatic heterocycles. The zero-order chi connectivity index (χ0) is 11.1. The Balaban J connectivity index is 2.26. The van der Waals surface area contributed by atoms with E-state index in [1.165, 1.54) is 15.6 Å². The van der Waals surface area contributed by atoms with Crippen molar-refractivity contribution in [2.24, 2.45) is 0 Å². The second kappa shape index (κ2) is 3.95. The highest BCUT2D eigenvalue weighted by molar-refractivity contribution is 9.11. The maximum atomic E-state index is 4.58. The van der Waals surface area contributed by atoms with Gasteiger partial charge in [0.15, 0.2) is 0 Å². The molecule has 0 atom stereocenters. The van der Waals surface area contributed by atoms with Gasteiger partial charge >= 0.3 is 0 Å². The predicted molar refractivity (Wildman–Crippen MR) is 75.4 cm³/mol. The van der Waals surface area contributed by atoms with Gasteiger partial charge in [0.2, 0.25) is 0 Å². The highest BCUT2D eigenvalue weighted by Gasteiger charge is 2.11. The maximum Gasteiger partial charge on any atom is 0.126 e. The number of halogens is 1. The van der Waals surface area contributed by atoms with Crippen molar-refractivity contribution in [2.75, 3.05) is 0 Å². The van der Waals surface area contributed by atoms with Crippen molar-refractivity contribution in [1.29, 1.82) is 0 Å². The van der Waals surface area contributed by atoms with Crippen LogP contribution in [0.1, 0.15) is 5.69 Å². The number of rotatable bonds is 1. The molecule has 2 heterocycles. The van der Waals surface area contributed by atoms with E-state index in [4.69, 9.17) is 0 Å². The molecule has 0 bridgehead atoms. The quantitative estimate of drug-likeness (QED) is 0.609. The van der Waals surface area contributed by atoms with E-state index in [1.807, 2.05) is 6.92 Å². The molecule has 3 aromatic rings. The minimum atomic E-state index is 1.07. The first-order chi connectivity index (χ1) is 7.75. The van der Waals surface area contributed by atoms with Crippen LogP contribution in [0.2, 0.25) is 0 Å². The van der Waals surface area contributed by atoms with Gasteiger partial charge in [0.25, 0.3) is 0 Å². The van der Waals surface area contributed by atoms with E-state index in [1.54, 1.807) is 22.7 Å². The van der Waals surface area contributed by atoms with Crippen molar-refractivity contribution in [2.45, 2.75) is 6.92 Å². The summed E-state index contributed by atoms with van der Waals surface area (Å²) in [6, 6.07) is 8.46. The summed E-state index contributed by atoms with van der Waals surface area (Å²) >= 11 is 7.00. The van der Waals surface area contributed by atoms with Crippen LogP contribution < -0.4 is 0 Å². The van der Waals surface area contributed by atoms with Gasteiger partial charge in [-0.25, -0.2) is 4.98 Å². The molecule has 1 nitrogen and oxygen atoms in total. The van der Waals surface area contributed by atoms with Crippen LogP contribution in [0.15, 0.2) is 33.4 Å². The fraction of sp³-hybridized carbons (Fsp3) is 0.0833. The highest BCUT2D eigenvalue weighted by atomic mass is 79.9. The topological polar surface area (TPSA) is 12.9 Å². The van der Waals surface area contributed by atoms with Crippen molar-refractivity contribution in [3.8, 4) is 10.6 Å². The van der Waals surface area contributed by atoms with E-state index < -0.39 is 0 Å². The third kappa shape index (κ3) is 1.61. The lowest BCUT2D eigenvalue weighted by Gasteiger charge is -1.92. The van der Waals surface area contributed by atoms with Gasteiger partial charge in [0, 0.05) is 21.0 Å². The first-order valence-electron chi connectivity index (χ1n) is 4.85. The smallest absolute Gasteiger partial charge is 0.126 e. The molecule has 1 aromatic carbocycles. The van der Waals surface area contributed by atoms with Crippen LogP contribution in [0, 0.1) is 6.92 Å². The number of fused-ring (bicyclic) bond motifs is 1. The summed E-state index contributed by atoms with van der Waals surface area (Å²) in [5.41, 5.74) is 2.31. The van der Waals surface area contributed by atoms with Gasteiger partial charge in [-0.05, 0) is 28.9 Å². The Morgan fingerprint density at radius 1 is 1.25 bits per heavy atom. The van der Waals surface area contributed by atoms with Crippen molar-refractivity contribution in [1.82, 2.24) is 4.98 Å². The van der Waals surface area contributed by atoms with E-state index in [9.17, 15) is 0 Å². The number of aromatic nitrogens is 1. The summed E-state index contributed by atoms with van der Waals surface area (Å²) in [5.74, 6) is 0. The van der Waals surface area contributed by atoms with Crippen LogP contribution >= 0.6 is 38.6 Å². The fourth-order valence-electron chi connectivity index (χ4n) is 1.64. The summed E-state index contributed by atoms with van der Waals surface area (Å²) in [6.45, 7) is 2.03. The average molecular weight is 310 g/mol. The molecule has 0 unspecified atom stereocenters. The molecule has 16 heavy (non-hydrogen) atoms. The normalized spacial score (nSPS) is 11.1. The molecule has 0 saturated heterocycles. The van der Waals surface area contributed by atoms with E-state index in [0.717, 1.165) is 14.5 Å². The molecule has 0 saturated carbocycles. The van der Waals surface area contributed by atoms with Crippen molar-refractivity contribution in [3.05, 3.63) is 39.1 Å². The molecule has 2 aromatic heterocycles. The minimum Gasteiger partial charge on any atom is -0.240 e. The molecule has 0 spiro atoms. The molecule has 0 fully saturated rings. The van der Waals surface area contributed by atoms with Gasteiger partial charge in [-0.1, -0.05) is 18.2 Å². The van der Waals surface area contributed by atoms with Crippen molar-refractivity contribution in [3.63, 3.8) is 0 Å². The van der Waals surface area contributed by atoms with Gasteiger partial charge < -0.3 is 0 Å². The number of hydrogen-bond acceptors (Lipinski definition) is 3. The van der Waals surface area contributed by atoms with Gasteiger partial charge in [-0.15, -0.1) is 22.7 Å². The Labute approximate surface area is 110 Å². The first-order valence-corrected chi connectivity index (χ1v) is 7.34. The Bertz CT molecular complexity index is 634. The lowest BCUT2D eigenvalue weighted by Crippen LogP contribution is -1.74. The molecular weight excluding hydrogens is 302 g/mol. The van der Waals surface area contributed by atoms with E-state index in [-0.39, 0.29) is 0 Å². The summed E-state index contributed by atoms with van der Waals surface area (Å²) < 4.78 is 2.44. The maximum absolute atomic E-state index is 4.58. The zero-order valence-corrected chi connectivity index (χ0v) is 11.7. The Kier molecular flexibility index (Phi) is 2.58. The number of benzene rings is 1. The van der Waals surface area contributed by atoms with Gasteiger partial charge in [-0.3, -0.25) is 0 Å². The first kappa shape index (κ1) is 10.4. The minimum absolute atomic E-state index is 1.07. The molecular formula is C12H8BrNS2. The number of hydrogen-bond donors (Lipinski definition) is 0. The Morgan fingerprint density at radius 2 is 2.06 bits per heavy atom. The van der Waals surface area contributed by atoms with Crippen LogP contribution in [0.3, 0.4) is 0 Å². The summed E-state index contributed by atoms with van der Waals surface area (Å²) in [4.78, 5) is 4.58. The average Bonchev–Trinajstić information content (AvgIpc) is 2.83. The monoisotopic (exact) mass is 309 g/mol. The van der Waals surface area contributed by atoms with E-state index in [0.29, 0.717) is 0 Å². The summed E-state index contributed by atoms with van der Waals surface area (Å²) in [7, 11) is 0. The number of nitrogens with zero attached hydrogens (tertiary/aromatic N) is 1.